The van der Waals surface area contributed by atoms with Gasteiger partial charge < -0.3 is 10.2 Å². The monoisotopic (exact) mass is 634 g/mol. The van der Waals surface area contributed by atoms with Gasteiger partial charge in [0.15, 0.2) is 0 Å². The second-order valence-corrected chi connectivity index (χ2v) is 17.9. The van der Waals surface area contributed by atoms with Gasteiger partial charge in [-0.2, -0.15) is 0 Å². The standard InChI is InChI=1S/C42H66O4/c1-14-15-16-17-28(22-31(43)20-18-29-24-33(39(2,3)4)37(45)34(25-29)40(5,6)7)23-32(44)21-19-30-26-35(41(8,9)10)38(46)36(27-30)42(11,12)13/h24-28,45-46H,14-23H2,1-13H3. The van der Waals surface area contributed by atoms with Gasteiger partial charge in [0, 0.05) is 25.7 Å². The van der Waals surface area contributed by atoms with E-state index < -0.39 is 0 Å². The highest BCUT2D eigenvalue weighted by Gasteiger charge is 2.28. The molecule has 0 aromatic heterocycles. The summed E-state index contributed by atoms with van der Waals surface area (Å²) < 4.78 is 0. The Morgan fingerprint density at radius 2 is 0.870 bits per heavy atom. The highest BCUT2D eigenvalue weighted by Crippen LogP contribution is 2.41. The van der Waals surface area contributed by atoms with Gasteiger partial charge in [-0.25, -0.2) is 0 Å². The number of hydrogen-bond donors (Lipinski definition) is 2. The number of aromatic hydroxyl groups is 2. The lowest BCUT2D eigenvalue weighted by Crippen LogP contribution is -2.18. The van der Waals surface area contributed by atoms with Crippen LogP contribution in [0.5, 0.6) is 11.5 Å². The molecule has 0 saturated carbocycles. The van der Waals surface area contributed by atoms with E-state index in [0.29, 0.717) is 50.0 Å². The largest absolute Gasteiger partial charge is 0.507 e. The fourth-order valence-corrected chi connectivity index (χ4v) is 6.34. The van der Waals surface area contributed by atoms with Crippen LogP contribution in [0.2, 0.25) is 0 Å². The molecule has 0 fully saturated rings. The molecule has 2 N–H and O–H groups in total. The van der Waals surface area contributed by atoms with Gasteiger partial charge in [-0.15, -0.1) is 0 Å². The van der Waals surface area contributed by atoms with Gasteiger partial charge in [-0.1, -0.05) is 134 Å². The zero-order valence-corrected chi connectivity index (χ0v) is 31.7. The Kier molecular flexibility index (Phi) is 13.3. The second kappa shape index (κ2) is 15.5. The van der Waals surface area contributed by atoms with Crippen LogP contribution in [0.4, 0.5) is 0 Å². The van der Waals surface area contributed by atoms with Crippen LogP contribution in [0.15, 0.2) is 24.3 Å². The molecule has 0 aliphatic rings. The van der Waals surface area contributed by atoms with Crippen molar-refractivity contribution in [3.8, 4) is 11.5 Å². The first kappa shape index (κ1) is 39.6. The van der Waals surface area contributed by atoms with Crippen molar-refractivity contribution in [1.29, 1.82) is 0 Å². The van der Waals surface area contributed by atoms with Crippen LogP contribution in [0.25, 0.3) is 0 Å². The van der Waals surface area contributed by atoms with Crippen LogP contribution in [0.1, 0.15) is 175 Å². The number of Topliss-reactive ketones (excluding diaryl/α,β-unsaturated/α-hetero) is 2. The number of hydrogen-bond acceptors (Lipinski definition) is 4. The van der Waals surface area contributed by atoms with Gasteiger partial charge in [-0.3, -0.25) is 9.59 Å². The Hall–Kier alpha value is -2.62. The average molecular weight is 635 g/mol. The molecule has 4 heteroatoms. The maximum absolute atomic E-state index is 13.4. The number of ketones is 2. The maximum Gasteiger partial charge on any atom is 0.133 e. The lowest BCUT2D eigenvalue weighted by atomic mass is 9.78. The Balaban J connectivity index is 2.17. The van der Waals surface area contributed by atoms with Gasteiger partial charge in [0.2, 0.25) is 0 Å². The van der Waals surface area contributed by atoms with Crippen molar-refractivity contribution in [3.63, 3.8) is 0 Å². The normalized spacial score (nSPS) is 13.0. The quantitative estimate of drug-likeness (QED) is 0.203. The molecule has 0 heterocycles. The third-order valence-corrected chi connectivity index (χ3v) is 9.21. The number of aryl methyl sites for hydroxylation is 2. The van der Waals surface area contributed by atoms with Crippen molar-refractivity contribution < 1.29 is 19.8 Å². The molecule has 0 aliphatic heterocycles. The number of rotatable bonds is 14. The van der Waals surface area contributed by atoms with E-state index in [1.807, 2.05) is 0 Å². The van der Waals surface area contributed by atoms with E-state index in [4.69, 9.17) is 0 Å². The number of benzene rings is 2. The molecule has 258 valence electrons. The van der Waals surface area contributed by atoms with Crippen LogP contribution in [0, 0.1) is 5.92 Å². The number of phenols is 2. The van der Waals surface area contributed by atoms with Crippen molar-refractivity contribution in [2.75, 3.05) is 0 Å². The molecule has 0 spiro atoms. The summed E-state index contributed by atoms with van der Waals surface area (Å²) in [5.41, 5.74) is 5.00. The average Bonchev–Trinajstić information content (AvgIpc) is 2.89. The van der Waals surface area contributed by atoms with Crippen LogP contribution >= 0.6 is 0 Å². The molecular weight excluding hydrogens is 568 g/mol. The minimum Gasteiger partial charge on any atom is -0.507 e. The van der Waals surface area contributed by atoms with E-state index in [1.54, 1.807) is 0 Å². The molecule has 0 atom stereocenters. The second-order valence-electron chi connectivity index (χ2n) is 17.9. The number of phenolic OH excluding ortho intramolecular Hbond substituents is 2. The number of carbonyl (C=O) groups is 2. The predicted octanol–water partition coefficient (Wildman–Crippen LogP) is 11.0. The summed E-state index contributed by atoms with van der Waals surface area (Å²) in [7, 11) is 0. The zero-order valence-electron chi connectivity index (χ0n) is 31.7. The smallest absolute Gasteiger partial charge is 0.133 e. The van der Waals surface area contributed by atoms with E-state index in [2.05, 4.69) is 114 Å². The zero-order chi connectivity index (χ0) is 35.3. The first-order chi connectivity index (χ1) is 20.9. The fourth-order valence-electron chi connectivity index (χ4n) is 6.34. The van der Waals surface area contributed by atoms with Gasteiger partial charge in [-0.05, 0) is 80.2 Å². The molecule has 2 aromatic rings. The van der Waals surface area contributed by atoms with Crippen molar-refractivity contribution in [2.45, 2.75) is 176 Å². The lowest BCUT2D eigenvalue weighted by molar-refractivity contribution is -0.122. The molecule has 0 bridgehead atoms. The molecule has 2 aromatic carbocycles. The molecule has 0 radical (unpaired) electrons. The van der Waals surface area contributed by atoms with Crippen LogP contribution < -0.4 is 0 Å². The molecule has 0 aliphatic carbocycles. The molecule has 2 rings (SSSR count). The van der Waals surface area contributed by atoms with E-state index in [1.165, 1.54) is 0 Å². The first-order valence-electron chi connectivity index (χ1n) is 17.7. The Morgan fingerprint density at radius 1 is 0.565 bits per heavy atom. The Labute approximate surface area is 281 Å². The van der Waals surface area contributed by atoms with Crippen molar-refractivity contribution in [1.82, 2.24) is 0 Å². The lowest BCUT2D eigenvalue weighted by Gasteiger charge is -2.28. The highest BCUT2D eigenvalue weighted by atomic mass is 16.3. The van der Waals surface area contributed by atoms with Gasteiger partial charge in [0.05, 0.1) is 0 Å². The summed E-state index contributed by atoms with van der Waals surface area (Å²) in [6, 6.07) is 8.28. The molecule has 46 heavy (non-hydrogen) atoms. The Morgan fingerprint density at radius 3 is 1.13 bits per heavy atom. The summed E-state index contributed by atoms with van der Waals surface area (Å²) in [4.78, 5) is 26.7. The summed E-state index contributed by atoms with van der Waals surface area (Å²) in [6.07, 6.45) is 7.16. The SMILES string of the molecule is CCCCCC(CC(=O)CCc1cc(C(C)(C)C)c(O)c(C(C)(C)C)c1)CC(=O)CCc1cc(C(C)(C)C)c(O)c(C(C)(C)C)c1. The van der Waals surface area contributed by atoms with Gasteiger partial charge >= 0.3 is 0 Å². The maximum atomic E-state index is 13.4. The summed E-state index contributed by atoms with van der Waals surface area (Å²) in [6.45, 7) is 27.5. The third kappa shape index (κ3) is 11.6. The van der Waals surface area contributed by atoms with Gasteiger partial charge in [0.1, 0.15) is 23.1 Å². The highest BCUT2D eigenvalue weighted by molar-refractivity contribution is 5.82. The fraction of sp³-hybridized carbons (Fsp3) is 0.667. The Bertz CT molecular complexity index is 1170. The summed E-state index contributed by atoms with van der Waals surface area (Å²) in [5.74, 6) is 1.21. The molecule has 0 amide bonds. The summed E-state index contributed by atoms with van der Waals surface area (Å²) in [5, 5.41) is 22.2. The van der Waals surface area contributed by atoms with E-state index >= 15 is 0 Å². The van der Waals surface area contributed by atoms with Crippen molar-refractivity contribution in [2.24, 2.45) is 5.92 Å². The number of unbranched alkanes of at least 4 members (excludes halogenated alkanes) is 2. The minimum absolute atomic E-state index is 0.0664. The minimum atomic E-state index is -0.211. The van der Waals surface area contributed by atoms with Crippen molar-refractivity contribution >= 4 is 11.6 Å². The molecule has 0 saturated heterocycles. The third-order valence-electron chi connectivity index (χ3n) is 9.21. The van der Waals surface area contributed by atoms with Gasteiger partial charge in [0.25, 0.3) is 0 Å². The predicted molar refractivity (Wildman–Crippen MR) is 195 cm³/mol. The van der Waals surface area contributed by atoms with Crippen LogP contribution in [0.3, 0.4) is 0 Å². The van der Waals surface area contributed by atoms with Crippen molar-refractivity contribution in [3.05, 3.63) is 57.6 Å². The van der Waals surface area contributed by atoms with Crippen LogP contribution in [-0.4, -0.2) is 21.8 Å². The van der Waals surface area contributed by atoms with E-state index in [9.17, 15) is 19.8 Å². The summed E-state index contributed by atoms with van der Waals surface area (Å²) >= 11 is 0. The first-order valence-corrected chi connectivity index (χ1v) is 17.7. The number of carbonyl (C=O) groups excluding carboxylic acids is 2. The topological polar surface area (TPSA) is 74.6 Å². The molecular formula is C42H66O4. The van der Waals surface area contributed by atoms with Crippen LogP contribution in [-0.2, 0) is 44.1 Å². The molecule has 0 unspecified atom stereocenters. The van der Waals surface area contributed by atoms with E-state index in [-0.39, 0.29) is 39.1 Å². The molecule has 4 nitrogen and oxygen atoms in total. The van der Waals surface area contributed by atoms with E-state index in [0.717, 1.165) is 59.1 Å².